The van der Waals surface area contributed by atoms with Crippen molar-refractivity contribution >= 4 is 21.7 Å². The number of fused-ring (bicyclic) bond motifs is 1. The molecule has 2 aromatic heterocycles. The minimum absolute atomic E-state index is 0.0958. The third-order valence-electron chi connectivity index (χ3n) is 2.97. The summed E-state index contributed by atoms with van der Waals surface area (Å²) in [5, 5.41) is 0.607. The van der Waals surface area contributed by atoms with Crippen LogP contribution in [0.1, 0.15) is 0 Å². The first-order valence-corrected chi connectivity index (χ1v) is 6.71. The van der Waals surface area contributed by atoms with E-state index < -0.39 is 0 Å². The third kappa shape index (κ3) is 1.94. The van der Waals surface area contributed by atoms with E-state index in [1.807, 2.05) is 0 Å². The molecule has 3 aromatic rings. The second-order valence-corrected chi connectivity index (χ2v) is 5.02. The van der Waals surface area contributed by atoms with Gasteiger partial charge in [0.25, 0.3) is 5.56 Å². The van der Waals surface area contributed by atoms with Gasteiger partial charge in [0.15, 0.2) is 0 Å². The standard InChI is InChI=1S/C14H12N2O3S/c1-18-9-5-6-11(12(8-9)19-2)16-14(17)10-4-3-7-15-13(10)20-16/h3-8H,1-2H3. The van der Waals surface area contributed by atoms with Crippen molar-refractivity contribution in [1.82, 2.24) is 8.94 Å². The summed E-state index contributed by atoms with van der Waals surface area (Å²) in [6, 6.07) is 8.87. The fourth-order valence-electron chi connectivity index (χ4n) is 1.97. The van der Waals surface area contributed by atoms with E-state index in [-0.39, 0.29) is 5.56 Å². The van der Waals surface area contributed by atoms with Crippen molar-refractivity contribution in [1.29, 1.82) is 0 Å². The second-order valence-electron chi connectivity index (χ2n) is 4.08. The Morgan fingerprint density at radius 1 is 1.20 bits per heavy atom. The van der Waals surface area contributed by atoms with E-state index in [4.69, 9.17) is 9.47 Å². The summed E-state index contributed by atoms with van der Waals surface area (Å²) in [6.45, 7) is 0. The van der Waals surface area contributed by atoms with Crippen molar-refractivity contribution in [2.24, 2.45) is 0 Å². The molecular weight excluding hydrogens is 276 g/mol. The Labute approximate surface area is 119 Å². The molecule has 2 heterocycles. The van der Waals surface area contributed by atoms with E-state index in [1.54, 1.807) is 54.7 Å². The molecule has 0 aliphatic heterocycles. The molecule has 0 spiro atoms. The van der Waals surface area contributed by atoms with Gasteiger partial charge in [-0.3, -0.25) is 4.79 Å². The molecule has 5 nitrogen and oxygen atoms in total. The summed E-state index contributed by atoms with van der Waals surface area (Å²) in [6.07, 6.45) is 1.67. The first kappa shape index (κ1) is 12.7. The molecule has 0 fully saturated rings. The van der Waals surface area contributed by atoms with Crippen molar-refractivity contribution in [3.63, 3.8) is 0 Å². The number of methoxy groups -OCH3 is 2. The van der Waals surface area contributed by atoms with E-state index in [9.17, 15) is 4.79 Å². The third-order valence-corrected chi connectivity index (χ3v) is 4.01. The van der Waals surface area contributed by atoms with Gasteiger partial charge in [-0.1, -0.05) is 0 Å². The maximum Gasteiger partial charge on any atom is 0.274 e. The Bertz CT molecular complexity index is 823. The molecule has 0 atom stereocenters. The summed E-state index contributed by atoms with van der Waals surface area (Å²) in [5.74, 6) is 1.26. The van der Waals surface area contributed by atoms with E-state index in [0.717, 1.165) is 0 Å². The average Bonchev–Trinajstić information content (AvgIpc) is 2.84. The number of nitrogens with zero attached hydrogens (tertiary/aromatic N) is 2. The van der Waals surface area contributed by atoms with Crippen LogP contribution in [-0.2, 0) is 0 Å². The smallest absolute Gasteiger partial charge is 0.274 e. The number of benzene rings is 1. The molecule has 0 radical (unpaired) electrons. The van der Waals surface area contributed by atoms with Crippen LogP contribution in [0.3, 0.4) is 0 Å². The van der Waals surface area contributed by atoms with E-state index >= 15 is 0 Å². The summed E-state index contributed by atoms with van der Waals surface area (Å²) in [4.78, 5) is 17.3. The first-order valence-electron chi connectivity index (χ1n) is 5.94. The zero-order chi connectivity index (χ0) is 14.1. The molecule has 102 valence electrons. The van der Waals surface area contributed by atoms with Crippen molar-refractivity contribution < 1.29 is 9.47 Å². The van der Waals surface area contributed by atoms with Crippen LogP contribution in [0, 0.1) is 0 Å². The van der Waals surface area contributed by atoms with Gasteiger partial charge in [-0.2, -0.15) is 0 Å². The lowest BCUT2D eigenvalue weighted by Gasteiger charge is -2.09. The zero-order valence-electron chi connectivity index (χ0n) is 11.0. The minimum atomic E-state index is -0.0958. The predicted molar refractivity (Wildman–Crippen MR) is 78.3 cm³/mol. The molecule has 0 N–H and O–H groups in total. The normalized spacial score (nSPS) is 10.7. The van der Waals surface area contributed by atoms with Crippen molar-refractivity contribution in [2.75, 3.05) is 14.2 Å². The Morgan fingerprint density at radius 3 is 2.75 bits per heavy atom. The highest BCUT2D eigenvalue weighted by molar-refractivity contribution is 7.13. The van der Waals surface area contributed by atoms with Crippen molar-refractivity contribution in [2.45, 2.75) is 0 Å². The quantitative estimate of drug-likeness (QED) is 0.743. The molecule has 0 aliphatic rings. The fourth-order valence-corrected chi connectivity index (χ4v) is 2.94. The summed E-state index contributed by atoms with van der Waals surface area (Å²) < 4.78 is 12.1. The largest absolute Gasteiger partial charge is 0.497 e. The number of pyridine rings is 1. The lowest BCUT2D eigenvalue weighted by molar-refractivity contribution is 0.393. The molecule has 6 heteroatoms. The highest BCUT2D eigenvalue weighted by atomic mass is 32.1. The molecule has 0 amide bonds. The van der Waals surface area contributed by atoms with Crippen molar-refractivity contribution in [3.8, 4) is 17.2 Å². The Kier molecular flexibility index (Phi) is 3.15. The Morgan fingerprint density at radius 2 is 2.05 bits per heavy atom. The van der Waals surface area contributed by atoms with Gasteiger partial charge >= 0.3 is 0 Å². The van der Waals surface area contributed by atoms with E-state index in [0.29, 0.717) is 27.4 Å². The molecule has 20 heavy (non-hydrogen) atoms. The number of rotatable bonds is 3. The predicted octanol–water partition coefficient (Wildman–Crippen LogP) is 2.46. The average molecular weight is 288 g/mol. The summed E-state index contributed by atoms with van der Waals surface area (Å²) in [7, 11) is 3.15. The van der Waals surface area contributed by atoms with Crippen LogP contribution in [0.15, 0.2) is 41.3 Å². The number of hydrogen-bond acceptors (Lipinski definition) is 5. The van der Waals surface area contributed by atoms with Gasteiger partial charge in [0.2, 0.25) is 0 Å². The number of hydrogen-bond donors (Lipinski definition) is 0. The summed E-state index contributed by atoms with van der Waals surface area (Å²) >= 11 is 1.29. The van der Waals surface area contributed by atoms with Gasteiger partial charge < -0.3 is 9.47 Å². The van der Waals surface area contributed by atoms with Crippen LogP contribution in [0.4, 0.5) is 0 Å². The minimum Gasteiger partial charge on any atom is -0.497 e. The zero-order valence-corrected chi connectivity index (χ0v) is 11.8. The fraction of sp³-hybridized carbons (Fsp3) is 0.143. The van der Waals surface area contributed by atoms with Gasteiger partial charge in [0.1, 0.15) is 22.0 Å². The highest BCUT2D eigenvalue weighted by Crippen LogP contribution is 2.29. The molecule has 0 aliphatic carbocycles. The maximum atomic E-state index is 12.4. The topological polar surface area (TPSA) is 53.4 Å². The maximum absolute atomic E-state index is 12.4. The number of ether oxygens (including phenoxy) is 2. The Hall–Kier alpha value is -2.34. The van der Waals surface area contributed by atoms with Gasteiger partial charge in [0, 0.05) is 12.3 Å². The molecule has 0 saturated carbocycles. The van der Waals surface area contributed by atoms with Crippen LogP contribution in [0.2, 0.25) is 0 Å². The second kappa shape index (κ2) is 4.97. The SMILES string of the molecule is COc1ccc(-n2sc3ncccc3c2=O)c(OC)c1. The van der Waals surface area contributed by atoms with Gasteiger partial charge in [-0.05, 0) is 35.8 Å². The molecule has 0 bridgehead atoms. The van der Waals surface area contributed by atoms with Crippen LogP contribution < -0.4 is 15.0 Å². The van der Waals surface area contributed by atoms with Gasteiger partial charge in [-0.15, -0.1) is 0 Å². The monoisotopic (exact) mass is 288 g/mol. The molecule has 1 aromatic carbocycles. The molecular formula is C14H12N2O3S. The molecule has 3 rings (SSSR count). The van der Waals surface area contributed by atoms with Crippen LogP contribution in [0.5, 0.6) is 11.5 Å². The van der Waals surface area contributed by atoms with Gasteiger partial charge in [-0.25, -0.2) is 8.94 Å². The van der Waals surface area contributed by atoms with Crippen LogP contribution in [-0.4, -0.2) is 23.2 Å². The summed E-state index contributed by atoms with van der Waals surface area (Å²) in [5.41, 5.74) is 0.586. The van der Waals surface area contributed by atoms with Crippen molar-refractivity contribution in [3.05, 3.63) is 46.9 Å². The van der Waals surface area contributed by atoms with Crippen LogP contribution in [0.25, 0.3) is 15.9 Å². The number of aromatic nitrogens is 2. The van der Waals surface area contributed by atoms with Gasteiger partial charge in [0.05, 0.1) is 19.6 Å². The highest BCUT2D eigenvalue weighted by Gasteiger charge is 2.14. The molecule has 0 unspecified atom stereocenters. The lowest BCUT2D eigenvalue weighted by Crippen LogP contribution is -2.11. The van der Waals surface area contributed by atoms with E-state index in [2.05, 4.69) is 4.98 Å². The van der Waals surface area contributed by atoms with E-state index in [1.165, 1.54) is 11.5 Å². The Balaban J connectivity index is 2.25. The molecule has 0 saturated heterocycles. The first-order chi connectivity index (χ1) is 9.74. The lowest BCUT2D eigenvalue weighted by atomic mass is 10.2. The van der Waals surface area contributed by atoms with Crippen LogP contribution >= 0.6 is 11.5 Å².